The number of carbonyl (C=O) groups is 1. The minimum atomic E-state index is 0.0972. The van der Waals surface area contributed by atoms with Crippen LogP contribution < -0.4 is 15.6 Å². The van der Waals surface area contributed by atoms with Crippen LogP contribution in [-0.2, 0) is 6.54 Å². The first-order valence-corrected chi connectivity index (χ1v) is 10.1. The predicted octanol–water partition coefficient (Wildman–Crippen LogP) is 2.02. The minimum Gasteiger partial charge on any atom is -0.497 e. The molecule has 28 heavy (non-hydrogen) atoms. The maximum atomic E-state index is 12.7. The minimum absolute atomic E-state index is 0.0972. The molecule has 4 rings (SSSR count). The van der Waals surface area contributed by atoms with Crippen molar-refractivity contribution in [2.24, 2.45) is 5.92 Å². The molecule has 1 aromatic heterocycles. The standard InChI is InChI=1S/C21H29N5O2/c1-3-26-14-17(12-23-26)21(27)25-9-7-15(8-10-25)20-19(13-22-24-20)16-5-4-6-18(11-16)28-2/h4-6,11-12,14-15,19-20,22,24H,3,7-10,13H2,1-2H3. The Balaban J connectivity index is 1.39. The van der Waals surface area contributed by atoms with Gasteiger partial charge in [-0.1, -0.05) is 12.1 Å². The van der Waals surface area contributed by atoms with E-state index in [9.17, 15) is 4.79 Å². The van der Waals surface area contributed by atoms with E-state index in [-0.39, 0.29) is 5.91 Å². The van der Waals surface area contributed by atoms with Crippen molar-refractivity contribution in [3.63, 3.8) is 0 Å². The number of ether oxygens (including phenoxy) is 1. The van der Waals surface area contributed by atoms with E-state index in [0.29, 0.717) is 23.4 Å². The molecular weight excluding hydrogens is 354 g/mol. The van der Waals surface area contributed by atoms with Gasteiger partial charge in [0.25, 0.3) is 5.91 Å². The Morgan fingerprint density at radius 2 is 2.14 bits per heavy atom. The molecule has 7 nitrogen and oxygen atoms in total. The predicted molar refractivity (Wildman–Crippen MR) is 107 cm³/mol. The normalized spacial score (nSPS) is 23.1. The van der Waals surface area contributed by atoms with Crippen molar-refractivity contribution in [2.75, 3.05) is 26.7 Å². The number of rotatable bonds is 5. The first-order valence-electron chi connectivity index (χ1n) is 10.1. The van der Waals surface area contributed by atoms with Gasteiger partial charge in [0.15, 0.2) is 0 Å². The zero-order valence-electron chi connectivity index (χ0n) is 16.6. The number of methoxy groups -OCH3 is 1. The molecule has 0 saturated carbocycles. The molecule has 2 aliphatic heterocycles. The molecule has 2 saturated heterocycles. The molecule has 0 bridgehead atoms. The lowest BCUT2D eigenvalue weighted by Gasteiger charge is -2.36. The van der Waals surface area contributed by atoms with E-state index in [1.54, 1.807) is 18.0 Å². The highest BCUT2D eigenvalue weighted by Crippen LogP contribution is 2.33. The van der Waals surface area contributed by atoms with Gasteiger partial charge in [-0.3, -0.25) is 20.3 Å². The Bertz CT molecular complexity index is 813. The van der Waals surface area contributed by atoms with Gasteiger partial charge in [-0.15, -0.1) is 0 Å². The summed E-state index contributed by atoms with van der Waals surface area (Å²) in [6, 6.07) is 8.72. The van der Waals surface area contributed by atoms with E-state index in [2.05, 4.69) is 34.1 Å². The molecule has 1 aromatic carbocycles. The fraction of sp³-hybridized carbons (Fsp3) is 0.524. The molecule has 7 heteroatoms. The number of nitrogens with zero attached hydrogens (tertiary/aromatic N) is 3. The van der Waals surface area contributed by atoms with E-state index >= 15 is 0 Å². The first-order chi connectivity index (χ1) is 13.7. The number of likely N-dealkylation sites (tertiary alicyclic amines) is 1. The number of hydrazine groups is 1. The van der Waals surface area contributed by atoms with Gasteiger partial charge >= 0.3 is 0 Å². The summed E-state index contributed by atoms with van der Waals surface area (Å²) in [7, 11) is 1.71. The fourth-order valence-electron chi connectivity index (χ4n) is 4.45. The van der Waals surface area contributed by atoms with Crippen molar-refractivity contribution in [3.8, 4) is 5.75 Å². The number of nitrogens with one attached hydrogen (secondary N) is 2. The number of hydrogen-bond donors (Lipinski definition) is 2. The molecule has 2 fully saturated rings. The average molecular weight is 383 g/mol. The van der Waals surface area contributed by atoms with Crippen LogP contribution >= 0.6 is 0 Å². The molecule has 1 amide bonds. The molecule has 2 unspecified atom stereocenters. The van der Waals surface area contributed by atoms with Crippen molar-refractivity contribution in [3.05, 3.63) is 47.8 Å². The Morgan fingerprint density at radius 1 is 1.32 bits per heavy atom. The van der Waals surface area contributed by atoms with E-state index < -0.39 is 0 Å². The molecule has 2 aromatic rings. The van der Waals surface area contributed by atoms with Crippen LogP contribution in [0.2, 0.25) is 0 Å². The van der Waals surface area contributed by atoms with E-state index in [0.717, 1.165) is 44.8 Å². The maximum Gasteiger partial charge on any atom is 0.257 e. The molecule has 2 atom stereocenters. The van der Waals surface area contributed by atoms with E-state index in [1.807, 2.05) is 24.1 Å². The van der Waals surface area contributed by atoms with Gasteiger partial charge in [0, 0.05) is 44.3 Å². The molecule has 0 radical (unpaired) electrons. The van der Waals surface area contributed by atoms with Crippen molar-refractivity contribution in [2.45, 2.75) is 38.3 Å². The molecule has 0 spiro atoms. The second-order valence-corrected chi connectivity index (χ2v) is 7.65. The molecular formula is C21H29N5O2. The van der Waals surface area contributed by atoms with Crippen molar-refractivity contribution < 1.29 is 9.53 Å². The Kier molecular flexibility index (Phi) is 5.64. The number of aromatic nitrogens is 2. The number of piperidine rings is 1. The van der Waals surface area contributed by atoms with Crippen LogP contribution in [0.4, 0.5) is 0 Å². The zero-order chi connectivity index (χ0) is 19.5. The Hall–Kier alpha value is -2.38. The number of amides is 1. The summed E-state index contributed by atoms with van der Waals surface area (Å²) in [5.41, 5.74) is 8.82. The van der Waals surface area contributed by atoms with Gasteiger partial charge < -0.3 is 9.64 Å². The zero-order valence-corrected chi connectivity index (χ0v) is 16.6. The van der Waals surface area contributed by atoms with Crippen LogP contribution in [-0.4, -0.2) is 53.4 Å². The first kappa shape index (κ1) is 19.0. The van der Waals surface area contributed by atoms with Gasteiger partial charge in [0.05, 0.1) is 18.9 Å². The Morgan fingerprint density at radius 3 is 2.86 bits per heavy atom. The van der Waals surface area contributed by atoms with Crippen LogP contribution in [0, 0.1) is 5.92 Å². The quantitative estimate of drug-likeness (QED) is 0.827. The number of benzene rings is 1. The molecule has 2 N–H and O–H groups in total. The second kappa shape index (κ2) is 8.32. The van der Waals surface area contributed by atoms with Crippen LogP contribution in [0.5, 0.6) is 5.75 Å². The monoisotopic (exact) mass is 383 g/mol. The van der Waals surface area contributed by atoms with Gasteiger partial charge in [0.2, 0.25) is 0 Å². The molecule has 2 aliphatic rings. The maximum absolute atomic E-state index is 12.7. The number of carbonyl (C=O) groups excluding carboxylic acids is 1. The number of aryl methyl sites for hydroxylation is 1. The van der Waals surface area contributed by atoms with E-state index in [1.165, 1.54) is 5.56 Å². The summed E-state index contributed by atoms with van der Waals surface area (Å²) >= 11 is 0. The topological polar surface area (TPSA) is 71.4 Å². The van der Waals surface area contributed by atoms with Crippen LogP contribution in [0.3, 0.4) is 0 Å². The number of hydrogen-bond acceptors (Lipinski definition) is 5. The third-order valence-corrected chi connectivity index (χ3v) is 6.09. The smallest absolute Gasteiger partial charge is 0.257 e. The summed E-state index contributed by atoms with van der Waals surface area (Å²) in [6.07, 6.45) is 5.54. The summed E-state index contributed by atoms with van der Waals surface area (Å²) in [4.78, 5) is 14.7. The fourth-order valence-corrected chi connectivity index (χ4v) is 4.45. The van der Waals surface area contributed by atoms with Crippen molar-refractivity contribution in [1.82, 2.24) is 25.5 Å². The third kappa shape index (κ3) is 3.77. The van der Waals surface area contributed by atoms with Gasteiger partial charge in [-0.2, -0.15) is 5.10 Å². The van der Waals surface area contributed by atoms with Gasteiger partial charge in [-0.25, -0.2) is 0 Å². The van der Waals surface area contributed by atoms with Crippen LogP contribution in [0.25, 0.3) is 0 Å². The summed E-state index contributed by atoms with van der Waals surface area (Å²) in [6.45, 7) is 5.30. The van der Waals surface area contributed by atoms with Crippen molar-refractivity contribution in [1.29, 1.82) is 0 Å². The summed E-state index contributed by atoms with van der Waals surface area (Å²) < 4.78 is 7.19. The largest absolute Gasteiger partial charge is 0.497 e. The van der Waals surface area contributed by atoms with Crippen LogP contribution in [0.15, 0.2) is 36.7 Å². The van der Waals surface area contributed by atoms with Crippen molar-refractivity contribution >= 4 is 5.91 Å². The lowest BCUT2D eigenvalue weighted by Crippen LogP contribution is -2.45. The van der Waals surface area contributed by atoms with E-state index in [4.69, 9.17) is 4.74 Å². The SMILES string of the molecule is CCn1cc(C(=O)N2CCC(C3NNCC3c3cccc(OC)c3)CC2)cn1. The highest BCUT2D eigenvalue weighted by molar-refractivity contribution is 5.93. The molecule has 0 aliphatic carbocycles. The van der Waals surface area contributed by atoms with Gasteiger partial charge in [0.1, 0.15) is 5.75 Å². The third-order valence-electron chi connectivity index (χ3n) is 6.09. The highest BCUT2D eigenvalue weighted by Gasteiger charge is 2.37. The highest BCUT2D eigenvalue weighted by atomic mass is 16.5. The lowest BCUT2D eigenvalue weighted by molar-refractivity contribution is 0.0670. The second-order valence-electron chi connectivity index (χ2n) is 7.65. The summed E-state index contributed by atoms with van der Waals surface area (Å²) in [5, 5.41) is 4.23. The lowest BCUT2D eigenvalue weighted by atomic mass is 9.80. The Labute approximate surface area is 166 Å². The summed E-state index contributed by atoms with van der Waals surface area (Å²) in [5.74, 6) is 1.94. The molecule has 150 valence electrons. The molecule has 3 heterocycles. The van der Waals surface area contributed by atoms with Gasteiger partial charge in [-0.05, 0) is 43.4 Å². The average Bonchev–Trinajstić information content (AvgIpc) is 3.43. The van der Waals surface area contributed by atoms with Crippen LogP contribution in [0.1, 0.15) is 41.6 Å².